The molecule has 0 bridgehead atoms. The van der Waals surface area contributed by atoms with Crippen LogP contribution in [0.2, 0.25) is 0 Å². The first-order valence-electron chi connectivity index (χ1n) is 7.04. The second-order valence-corrected chi connectivity index (χ2v) is 5.97. The van der Waals surface area contributed by atoms with Gasteiger partial charge in [0.15, 0.2) is 0 Å². The van der Waals surface area contributed by atoms with Gasteiger partial charge in [-0.05, 0) is 12.8 Å². The van der Waals surface area contributed by atoms with E-state index in [4.69, 9.17) is 17.5 Å². The summed E-state index contributed by atoms with van der Waals surface area (Å²) in [6.07, 6.45) is -10.3. The number of rotatable bonds is 10. The Labute approximate surface area is 168 Å². The molecular formula is C12H19F8NaO4S. The summed E-state index contributed by atoms with van der Waals surface area (Å²) in [7, 11) is -4.67. The molecule has 2 N–H and O–H groups in total. The van der Waals surface area contributed by atoms with Crippen molar-refractivity contribution in [3.63, 3.8) is 0 Å². The van der Waals surface area contributed by atoms with E-state index in [9.17, 15) is 35.1 Å². The maximum absolute atomic E-state index is 12.8. The van der Waals surface area contributed by atoms with Crippen molar-refractivity contribution in [2.45, 2.75) is 69.6 Å². The first-order chi connectivity index (χ1) is 11.1. The van der Waals surface area contributed by atoms with Crippen molar-refractivity contribution in [1.29, 1.82) is 0 Å². The number of hydrogen-bond donors (Lipinski definition) is 2. The Morgan fingerprint density at radius 3 is 1.54 bits per heavy atom. The molecule has 0 fully saturated rings. The summed E-state index contributed by atoms with van der Waals surface area (Å²) < 4.78 is 128. The summed E-state index contributed by atoms with van der Waals surface area (Å²) in [6.45, 7) is 0. The van der Waals surface area contributed by atoms with Crippen molar-refractivity contribution in [3.05, 3.63) is 6.43 Å². The summed E-state index contributed by atoms with van der Waals surface area (Å²) in [4.78, 5) is 0. The maximum Gasteiger partial charge on any atom is 1.00 e. The molecule has 0 aliphatic heterocycles. The van der Waals surface area contributed by atoms with Gasteiger partial charge in [-0.1, -0.05) is 32.1 Å². The summed E-state index contributed by atoms with van der Waals surface area (Å²) >= 11 is 0. The molecule has 1 atom stereocenters. The molecule has 154 valence electrons. The van der Waals surface area contributed by atoms with Gasteiger partial charge in [0.2, 0.25) is 5.92 Å². The Morgan fingerprint density at radius 1 is 0.846 bits per heavy atom. The van der Waals surface area contributed by atoms with Crippen LogP contribution in [0.25, 0.3) is 0 Å². The van der Waals surface area contributed by atoms with E-state index in [0.29, 0.717) is 25.7 Å². The van der Waals surface area contributed by atoms with Gasteiger partial charge in [0.05, 0.1) is 6.43 Å². The van der Waals surface area contributed by atoms with E-state index in [0.717, 1.165) is 0 Å². The smallest absolute Gasteiger partial charge is 0.415 e. The first kappa shape index (κ1) is 31.0. The molecule has 0 aromatic heterocycles. The normalized spacial score (nSPS) is 13.7. The van der Waals surface area contributed by atoms with E-state index >= 15 is 0 Å². The predicted octanol–water partition coefficient (Wildman–Crippen LogP) is 2.42. The predicted molar refractivity (Wildman–Crippen MR) is 72.5 cm³/mol. The van der Waals surface area contributed by atoms with Crippen LogP contribution in [0.5, 0.6) is 0 Å². The van der Waals surface area contributed by atoms with Crippen molar-refractivity contribution in [3.8, 4) is 0 Å². The molecule has 0 aromatic rings. The quantitative estimate of drug-likeness (QED) is 0.182. The van der Waals surface area contributed by atoms with Gasteiger partial charge in [0, 0.05) is 6.42 Å². The fraction of sp³-hybridized carbons (Fsp3) is 0.917. The third-order valence-corrected chi connectivity index (χ3v) is 2.81. The summed E-state index contributed by atoms with van der Waals surface area (Å²) in [6, 6.07) is 0. The largest absolute Gasteiger partial charge is 1.00 e. The van der Waals surface area contributed by atoms with Gasteiger partial charge < -0.3 is 8.78 Å². The second-order valence-electron chi connectivity index (χ2n) is 5.07. The molecule has 14 heteroatoms. The molecule has 1 unspecified atom stereocenters. The Morgan fingerprint density at radius 2 is 1.19 bits per heavy atom. The number of unbranched alkanes of at least 4 members (excludes halogenated alkanes) is 5. The van der Waals surface area contributed by atoms with Crippen molar-refractivity contribution in [2.75, 3.05) is 0 Å². The van der Waals surface area contributed by atoms with E-state index in [1.165, 1.54) is 0 Å². The monoisotopic (exact) mass is 434 g/mol. The van der Waals surface area contributed by atoms with Gasteiger partial charge in [-0.25, -0.2) is 13.2 Å². The topological polar surface area (TPSA) is 74.6 Å². The SMILES string of the molecule is F[C-](F)C(F)(F)C(F)CCCCCCCCC(F)(F)F.O=S(=O)(O)O.[Na+]. The Hall–Kier alpha value is 0.310. The first-order valence-corrected chi connectivity index (χ1v) is 8.44. The molecule has 0 aliphatic rings. The molecule has 0 saturated carbocycles. The molecular weight excluding hydrogens is 415 g/mol. The molecule has 0 rings (SSSR count). The molecule has 0 radical (unpaired) electrons. The zero-order valence-electron chi connectivity index (χ0n) is 13.9. The number of hydrogen-bond acceptors (Lipinski definition) is 2. The third kappa shape index (κ3) is 22.4. The van der Waals surface area contributed by atoms with Crippen molar-refractivity contribution in [2.24, 2.45) is 0 Å². The zero-order chi connectivity index (χ0) is 20.3. The molecule has 0 aliphatic carbocycles. The fourth-order valence-corrected chi connectivity index (χ4v) is 1.66. The van der Waals surface area contributed by atoms with Crippen LogP contribution in [0.4, 0.5) is 35.1 Å². The Bertz CT molecular complexity index is 437. The van der Waals surface area contributed by atoms with E-state index in [1.54, 1.807) is 0 Å². The standard InChI is InChI=1S/C12H17F8.Na.H2O4S/c13-9(12(19,20)10(14)15)7-5-3-1-2-4-6-8-11(16,17)18;;1-5(2,3)4/h9H,1-8H2;;(H2,1,2,3,4)/q-1;+1;. The van der Waals surface area contributed by atoms with Gasteiger partial charge in [0.25, 0.3) is 0 Å². The molecule has 0 spiro atoms. The molecule has 0 aromatic carbocycles. The third-order valence-electron chi connectivity index (χ3n) is 2.81. The molecule has 0 heterocycles. The minimum Gasteiger partial charge on any atom is -0.415 e. The maximum atomic E-state index is 12.8. The van der Waals surface area contributed by atoms with E-state index in [2.05, 4.69) is 0 Å². The van der Waals surface area contributed by atoms with Crippen molar-refractivity contribution < 1.29 is 82.2 Å². The Kier molecular flexibility index (Phi) is 17.1. The van der Waals surface area contributed by atoms with Gasteiger partial charge in [-0.2, -0.15) is 21.6 Å². The van der Waals surface area contributed by atoms with Crippen LogP contribution in [0.1, 0.15) is 51.4 Å². The molecule has 0 amide bonds. The van der Waals surface area contributed by atoms with Gasteiger partial charge in [-0.3, -0.25) is 9.11 Å². The van der Waals surface area contributed by atoms with Crippen LogP contribution in [-0.4, -0.2) is 35.8 Å². The summed E-state index contributed by atoms with van der Waals surface area (Å²) in [5.74, 6) is -4.72. The fourth-order valence-electron chi connectivity index (χ4n) is 1.66. The van der Waals surface area contributed by atoms with Crippen molar-refractivity contribution >= 4 is 10.4 Å². The average molecular weight is 434 g/mol. The second kappa shape index (κ2) is 14.3. The van der Waals surface area contributed by atoms with Crippen LogP contribution >= 0.6 is 0 Å². The van der Waals surface area contributed by atoms with Gasteiger partial charge in [0.1, 0.15) is 6.17 Å². The van der Waals surface area contributed by atoms with Gasteiger partial charge in [-0.15, -0.1) is 0 Å². The number of alkyl halides is 6. The molecule has 4 nitrogen and oxygen atoms in total. The van der Waals surface area contributed by atoms with Crippen molar-refractivity contribution in [1.82, 2.24) is 0 Å². The van der Waals surface area contributed by atoms with Crippen LogP contribution in [-0.2, 0) is 10.4 Å². The average Bonchev–Trinajstić information content (AvgIpc) is 2.38. The Balaban J connectivity index is -0.000000772. The van der Waals surface area contributed by atoms with E-state index in [1.807, 2.05) is 0 Å². The van der Waals surface area contributed by atoms with E-state index < -0.39 is 47.9 Å². The number of halogens is 8. The van der Waals surface area contributed by atoms with Crippen LogP contribution in [0, 0.1) is 6.43 Å². The van der Waals surface area contributed by atoms with Crippen LogP contribution in [0.15, 0.2) is 0 Å². The minimum atomic E-state index is -4.72. The summed E-state index contributed by atoms with van der Waals surface area (Å²) in [5, 5.41) is 0. The van der Waals surface area contributed by atoms with E-state index in [-0.39, 0.29) is 42.4 Å². The van der Waals surface area contributed by atoms with Gasteiger partial charge >= 0.3 is 46.1 Å². The summed E-state index contributed by atoms with van der Waals surface area (Å²) in [5.41, 5.74) is 0. The molecule has 26 heavy (non-hydrogen) atoms. The zero-order valence-corrected chi connectivity index (χ0v) is 16.7. The van der Waals surface area contributed by atoms with Crippen LogP contribution in [0.3, 0.4) is 0 Å². The minimum absolute atomic E-state index is 0. The molecule has 0 saturated heterocycles. The van der Waals surface area contributed by atoms with Crippen LogP contribution < -0.4 is 29.6 Å².